The zero-order chi connectivity index (χ0) is 20.6. The van der Waals surface area contributed by atoms with Crippen LogP contribution in [0, 0.1) is 13.8 Å². The summed E-state index contributed by atoms with van der Waals surface area (Å²) in [4.78, 5) is 14.8. The number of rotatable bonds is 9. The molecule has 1 amide bonds. The quantitative estimate of drug-likeness (QED) is 0.638. The molecular weight excluding hydrogens is 366 g/mol. The van der Waals surface area contributed by atoms with Crippen molar-refractivity contribution in [2.45, 2.75) is 65.0 Å². The van der Waals surface area contributed by atoms with Crippen LogP contribution in [0.5, 0.6) is 5.75 Å². The maximum absolute atomic E-state index is 12.4. The number of hydrogen-bond donors (Lipinski definition) is 1. The summed E-state index contributed by atoms with van der Waals surface area (Å²) in [6, 6.07) is 7.96. The summed E-state index contributed by atoms with van der Waals surface area (Å²) in [6.45, 7) is 5.90. The number of carbonyl (C=O) groups excluding carboxylic acids is 1. The van der Waals surface area contributed by atoms with Gasteiger partial charge >= 0.3 is 0 Å². The van der Waals surface area contributed by atoms with Crippen LogP contribution in [-0.2, 0) is 6.61 Å². The Balaban J connectivity index is 1.38. The summed E-state index contributed by atoms with van der Waals surface area (Å²) in [5.74, 6) is 1.45. The molecular formula is C23H33N3O3. The molecule has 0 aliphatic heterocycles. The Morgan fingerprint density at radius 3 is 2.59 bits per heavy atom. The highest BCUT2D eigenvalue weighted by atomic mass is 16.5. The molecule has 1 aliphatic carbocycles. The second-order valence-electron chi connectivity index (χ2n) is 8.00. The summed E-state index contributed by atoms with van der Waals surface area (Å²) in [5.41, 5.74) is 2.45. The predicted molar refractivity (Wildman–Crippen MR) is 113 cm³/mol. The van der Waals surface area contributed by atoms with Crippen molar-refractivity contribution in [2.75, 3.05) is 20.1 Å². The van der Waals surface area contributed by atoms with Gasteiger partial charge in [0.2, 0.25) is 0 Å². The molecule has 158 valence electrons. The van der Waals surface area contributed by atoms with Gasteiger partial charge in [0.25, 0.3) is 5.91 Å². The van der Waals surface area contributed by atoms with Gasteiger partial charge in [-0.1, -0.05) is 24.4 Å². The van der Waals surface area contributed by atoms with Crippen molar-refractivity contribution in [3.63, 3.8) is 0 Å². The maximum Gasteiger partial charge on any atom is 0.251 e. The van der Waals surface area contributed by atoms with E-state index in [4.69, 9.17) is 9.26 Å². The van der Waals surface area contributed by atoms with Gasteiger partial charge < -0.3 is 19.5 Å². The van der Waals surface area contributed by atoms with Crippen molar-refractivity contribution >= 4 is 5.91 Å². The highest BCUT2D eigenvalue weighted by molar-refractivity contribution is 5.94. The van der Waals surface area contributed by atoms with Crippen LogP contribution in [0.3, 0.4) is 0 Å². The highest BCUT2D eigenvalue weighted by Gasteiger charge is 2.17. The molecule has 2 aromatic rings. The van der Waals surface area contributed by atoms with Crippen molar-refractivity contribution < 1.29 is 14.1 Å². The van der Waals surface area contributed by atoms with E-state index in [0.717, 1.165) is 41.8 Å². The Hall–Kier alpha value is -2.34. The van der Waals surface area contributed by atoms with E-state index in [1.54, 1.807) is 12.1 Å². The fourth-order valence-corrected chi connectivity index (χ4v) is 3.90. The summed E-state index contributed by atoms with van der Waals surface area (Å²) in [7, 11) is 2.21. The number of hydrogen-bond acceptors (Lipinski definition) is 5. The third-order valence-corrected chi connectivity index (χ3v) is 5.85. The lowest BCUT2D eigenvalue weighted by molar-refractivity contribution is 0.0950. The molecule has 1 aliphatic rings. The fourth-order valence-electron chi connectivity index (χ4n) is 3.90. The van der Waals surface area contributed by atoms with Gasteiger partial charge in [0.1, 0.15) is 18.1 Å². The molecule has 0 radical (unpaired) electrons. The van der Waals surface area contributed by atoms with Crippen molar-refractivity contribution in [1.29, 1.82) is 0 Å². The number of carbonyl (C=O) groups is 1. The number of nitrogens with one attached hydrogen (secondary N) is 1. The van der Waals surface area contributed by atoms with E-state index in [1.165, 1.54) is 32.1 Å². The summed E-state index contributed by atoms with van der Waals surface area (Å²) < 4.78 is 10.9. The monoisotopic (exact) mass is 399 g/mol. The molecule has 6 nitrogen and oxygen atoms in total. The van der Waals surface area contributed by atoms with Crippen molar-refractivity contribution in [2.24, 2.45) is 0 Å². The van der Waals surface area contributed by atoms with Crippen molar-refractivity contribution in [3.05, 3.63) is 46.8 Å². The molecule has 1 fully saturated rings. The van der Waals surface area contributed by atoms with Gasteiger partial charge in [-0.2, -0.15) is 0 Å². The Kier molecular flexibility index (Phi) is 7.69. The number of benzene rings is 1. The second-order valence-corrected chi connectivity index (χ2v) is 8.00. The van der Waals surface area contributed by atoms with Crippen LogP contribution in [0.4, 0.5) is 0 Å². The third-order valence-electron chi connectivity index (χ3n) is 5.85. The van der Waals surface area contributed by atoms with Crippen LogP contribution in [-0.4, -0.2) is 42.1 Å². The number of aryl methyl sites for hydroxylation is 2. The first kappa shape index (κ1) is 21.4. The minimum absolute atomic E-state index is 0.0393. The molecule has 6 heteroatoms. The van der Waals surface area contributed by atoms with E-state index in [0.29, 0.717) is 18.7 Å². The average molecular weight is 400 g/mol. The normalized spacial score (nSPS) is 14.9. The van der Waals surface area contributed by atoms with Crippen LogP contribution in [0.2, 0.25) is 0 Å². The standard InChI is InChI=1S/C23H33N3O3/c1-17-22(18(2)29-25-17)16-28-21-12-10-19(11-13-21)23(27)24-14-7-15-26(3)20-8-5-4-6-9-20/h10-13,20H,4-9,14-16H2,1-3H3,(H,24,27). The number of ether oxygens (including phenoxy) is 1. The molecule has 29 heavy (non-hydrogen) atoms. The Morgan fingerprint density at radius 2 is 1.93 bits per heavy atom. The van der Waals surface area contributed by atoms with Gasteiger partial charge in [0, 0.05) is 18.2 Å². The van der Waals surface area contributed by atoms with Crippen LogP contribution in [0.1, 0.15) is 65.9 Å². The summed E-state index contributed by atoms with van der Waals surface area (Å²) >= 11 is 0. The first-order valence-electron chi connectivity index (χ1n) is 10.7. The molecule has 1 saturated carbocycles. The number of nitrogens with zero attached hydrogens (tertiary/aromatic N) is 2. The molecule has 0 unspecified atom stereocenters. The number of aromatic nitrogens is 1. The van der Waals surface area contributed by atoms with E-state index < -0.39 is 0 Å². The molecule has 0 atom stereocenters. The summed E-state index contributed by atoms with van der Waals surface area (Å²) in [6.07, 6.45) is 7.68. The first-order valence-corrected chi connectivity index (χ1v) is 10.7. The Bertz CT molecular complexity index is 760. The minimum atomic E-state index is -0.0393. The lowest BCUT2D eigenvalue weighted by Crippen LogP contribution is -2.35. The molecule has 0 spiro atoms. The third kappa shape index (κ3) is 6.07. The van der Waals surface area contributed by atoms with Gasteiger partial charge in [-0.3, -0.25) is 4.79 Å². The summed E-state index contributed by atoms with van der Waals surface area (Å²) in [5, 5.41) is 6.95. The van der Waals surface area contributed by atoms with E-state index in [-0.39, 0.29) is 5.91 Å². The molecule has 0 bridgehead atoms. The molecule has 1 heterocycles. The van der Waals surface area contributed by atoms with Gasteiger partial charge in [0.15, 0.2) is 0 Å². The minimum Gasteiger partial charge on any atom is -0.489 e. The van der Waals surface area contributed by atoms with E-state index in [1.807, 2.05) is 26.0 Å². The zero-order valence-corrected chi connectivity index (χ0v) is 17.9. The molecule has 0 saturated heterocycles. The van der Waals surface area contributed by atoms with Crippen LogP contribution in [0.25, 0.3) is 0 Å². The van der Waals surface area contributed by atoms with Gasteiger partial charge in [0.05, 0.1) is 11.3 Å². The Labute approximate surface area is 173 Å². The highest BCUT2D eigenvalue weighted by Crippen LogP contribution is 2.21. The molecule has 1 aromatic carbocycles. The lowest BCUT2D eigenvalue weighted by atomic mass is 9.94. The Morgan fingerprint density at radius 1 is 1.21 bits per heavy atom. The first-order chi connectivity index (χ1) is 14.0. The van der Waals surface area contributed by atoms with E-state index in [9.17, 15) is 4.79 Å². The average Bonchev–Trinajstić information content (AvgIpc) is 3.07. The van der Waals surface area contributed by atoms with E-state index >= 15 is 0 Å². The van der Waals surface area contributed by atoms with Crippen molar-refractivity contribution in [3.8, 4) is 5.75 Å². The van der Waals surface area contributed by atoms with Crippen LogP contribution < -0.4 is 10.1 Å². The molecule has 3 rings (SSSR count). The molecule has 1 N–H and O–H groups in total. The lowest BCUT2D eigenvalue weighted by Gasteiger charge is -2.31. The van der Waals surface area contributed by atoms with Gasteiger partial charge in [-0.25, -0.2) is 0 Å². The van der Waals surface area contributed by atoms with Gasteiger partial charge in [-0.05, 0) is 71.0 Å². The van der Waals surface area contributed by atoms with E-state index in [2.05, 4.69) is 22.4 Å². The van der Waals surface area contributed by atoms with Crippen LogP contribution in [0.15, 0.2) is 28.8 Å². The van der Waals surface area contributed by atoms with Crippen LogP contribution >= 0.6 is 0 Å². The smallest absolute Gasteiger partial charge is 0.251 e. The zero-order valence-electron chi connectivity index (χ0n) is 17.9. The maximum atomic E-state index is 12.4. The topological polar surface area (TPSA) is 67.6 Å². The fraction of sp³-hybridized carbons (Fsp3) is 0.565. The SMILES string of the molecule is Cc1noc(C)c1COc1ccc(C(=O)NCCCN(C)C2CCCCC2)cc1. The molecule has 1 aromatic heterocycles. The second kappa shape index (κ2) is 10.4. The predicted octanol–water partition coefficient (Wildman–Crippen LogP) is 4.25. The van der Waals surface area contributed by atoms with Gasteiger partial charge in [-0.15, -0.1) is 0 Å². The number of amides is 1. The van der Waals surface area contributed by atoms with Crippen molar-refractivity contribution in [1.82, 2.24) is 15.4 Å². The largest absolute Gasteiger partial charge is 0.489 e.